The smallest absolute Gasteiger partial charge is 0.328 e. The maximum atomic E-state index is 13.1. The summed E-state index contributed by atoms with van der Waals surface area (Å²) in [5, 5.41) is 11.5. The van der Waals surface area contributed by atoms with Gasteiger partial charge in [-0.25, -0.2) is 4.79 Å². The molecule has 3 N–H and O–H groups in total. The summed E-state index contributed by atoms with van der Waals surface area (Å²) in [5.74, 6) is -2.67. The summed E-state index contributed by atoms with van der Waals surface area (Å²) in [4.78, 5) is 62.5. The van der Waals surface area contributed by atoms with Crippen molar-refractivity contribution in [3.8, 4) is 0 Å². The van der Waals surface area contributed by atoms with Crippen molar-refractivity contribution in [3.63, 3.8) is 0 Å². The van der Waals surface area contributed by atoms with Crippen LogP contribution in [-0.2, 0) is 33.4 Å². The maximum Gasteiger partial charge on any atom is 0.328 e. The van der Waals surface area contributed by atoms with Gasteiger partial charge in [0.2, 0.25) is 17.7 Å². The molecule has 3 aromatic rings. The number of rotatable bonds is 20. The van der Waals surface area contributed by atoms with Gasteiger partial charge < -0.3 is 42.4 Å². The second-order valence-electron chi connectivity index (χ2n) is 11.2. The van der Waals surface area contributed by atoms with Gasteiger partial charge in [0, 0.05) is 18.6 Å². The maximum absolute atomic E-state index is 13.1. The molecule has 270 valence electrons. The molecule has 0 heterocycles. The highest BCUT2D eigenvalue weighted by molar-refractivity contribution is 7.95. The highest BCUT2D eigenvalue weighted by Crippen LogP contribution is 2.55. The van der Waals surface area contributed by atoms with Gasteiger partial charge in [0.15, 0.2) is 0 Å². The third-order valence-electron chi connectivity index (χ3n) is 7.85. The van der Waals surface area contributed by atoms with E-state index in [0.29, 0.717) is 6.42 Å². The Hall–Kier alpha value is -3.73. The summed E-state index contributed by atoms with van der Waals surface area (Å²) >= 11 is 4.13. The summed E-state index contributed by atoms with van der Waals surface area (Å²) in [5.41, 5.74) is 0. The van der Waals surface area contributed by atoms with E-state index in [-0.39, 0.29) is 67.7 Å². The predicted octanol–water partition coefficient (Wildman–Crippen LogP) is 0.0768. The summed E-state index contributed by atoms with van der Waals surface area (Å²) in [7, 11) is -2.03. The Morgan fingerprint density at radius 1 is 0.680 bits per heavy atom. The average molecular weight is 789 g/mol. The van der Waals surface area contributed by atoms with Crippen molar-refractivity contribution in [1.29, 1.82) is 0 Å². The van der Waals surface area contributed by atoms with E-state index in [1.807, 2.05) is 18.2 Å². The fraction of sp³-hybridized carbons (Fsp3) is 0.378. The van der Waals surface area contributed by atoms with Crippen LogP contribution in [0.5, 0.6) is 0 Å². The summed E-state index contributed by atoms with van der Waals surface area (Å²) in [6.45, 7) is 3.27. The molecule has 3 aromatic carbocycles. The van der Waals surface area contributed by atoms with Gasteiger partial charge in [0.05, 0.1) is 19.4 Å². The molecule has 2 atom stereocenters. The number of benzene rings is 3. The lowest BCUT2D eigenvalue weighted by molar-refractivity contribution is -0.147. The number of carbonyl (C=O) groups excluding carboxylic acids is 5. The third-order valence-corrected chi connectivity index (χ3v) is 12.7. The molecule has 0 spiro atoms. The van der Waals surface area contributed by atoms with E-state index in [1.54, 1.807) is 13.8 Å². The minimum Gasteiger partial charge on any atom is -1.00 e. The zero-order chi connectivity index (χ0) is 35.5. The fourth-order valence-electron chi connectivity index (χ4n) is 5.51. The van der Waals surface area contributed by atoms with Crippen LogP contribution < -0.4 is 48.8 Å². The first kappa shape index (κ1) is 42.4. The molecule has 0 aliphatic rings. The lowest BCUT2D eigenvalue weighted by Crippen LogP contribution is -3.00. The quantitative estimate of drug-likeness (QED) is 0.0551. The largest absolute Gasteiger partial charge is 1.00 e. The molecular formula is C37H47BrN3O7PS. The van der Waals surface area contributed by atoms with Crippen molar-refractivity contribution in [2.45, 2.75) is 58.0 Å². The van der Waals surface area contributed by atoms with Gasteiger partial charge >= 0.3 is 11.9 Å². The number of halogens is 1. The molecule has 0 aliphatic heterocycles. The Morgan fingerprint density at radius 2 is 1.16 bits per heavy atom. The molecular weight excluding hydrogens is 741 g/mol. The lowest BCUT2D eigenvalue weighted by atomic mass is 10.1. The number of amides is 3. The monoisotopic (exact) mass is 787 g/mol. The first-order valence-corrected chi connectivity index (χ1v) is 19.2. The van der Waals surface area contributed by atoms with Crippen molar-refractivity contribution in [2.75, 3.05) is 31.7 Å². The van der Waals surface area contributed by atoms with Crippen LogP contribution in [0.25, 0.3) is 0 Å². The van der Waals surface area contributed by atoms with Crippen molar-refractivity contribution in [2.24, 2.45) is 0 Å². The minimum atomic E-state index is -2.03. The molecule has 13 heteroatoms. The van der Waals surface area contributed by atoms with Gasteiger partial charge in [-0.05, 0) is 69.5 Å². The van der Waals surface area contributed by atoms with E-state index in [2.05, 4.69) is 101 Å². The molecule has 0 saturated carbocycles. The van der Waals surface area contributed by atoms with Gasteiger partial charge in [0.1, 0.15) is 41.8 Å². The van der Waals surface area contributed by atoms with E-state index < -0.39 is 43.1 Å². The van der Waals surface area contributed by atoms with Gasteiger partial charge in [-0.3, -0.25) is 19.2 Å². The first-order chi connectivity index (χ1) is 23.7. The van der Waals surface area contributed by atoms with Crippen molar-refractivity contribution in [1.82, 2.24) is 16.0 Å². The van der Waals surface area contributed by atoms with Crippen LogP contribution >= 0.6 is 19.9 Å². The van der Waals surface area contributed by atoms with E-state index in [9.17, 15) is 24.0 Å². The first-order valence-electron chi connectivity index (χ1n) is 16.6. The highest BCUT2D eigenvalue weighted by atomic mass is 79.9. The highest BCUT2D eigenvalue weighted by Gasteiger charge is 2.44. The number of ether oxygens (including phenoxy) is 2. The van der Waals surface area contributed by atoms with E-state index in [0.717, 1.165) is 12.6 Å². The van der Waals surface area contributed by atoms with Gasteiger partial charge in [-0.1, -0.05) is 54.6 Å². The number of carbonyl (C=O) groups is 5. The molecule has 0 aliphatic carbocycles. The molecule has 0 saturated heterocycles. The zero-order valence-corrected chi connectivity index (χ0v) is 31.9. The second-order valence-corrected chi connectivity index (χ2v) is 15.2. The van der Waals surface area contributed by atoms with Crippen molar-refractivity contribution in [3.05, 3.63) is 91.0 Å². The Morgan fingerprint density at radius 3 is 1.64 bits per heavy atom. The topological polar surface area (TPSA) is 140 Å². The summed E-state index contributed by atoms with van der Waals surface area (Å²) in [6, 6.07) is 29.6. The molecule has 3 rings (SSSR count). The summed E-state index contributed by atoms with van der Waals surface area (Å²) < 4.78 is 9.96. The van der Waals surface area contributed by atoms with Crippen LogP contribution in [0.1, 0.15) is 46.0 Å². The van der Waals surface area contributed by atoms with Crippen LogP contribution in [0.4, 0.5) is 0 Å². The Kier molecular flexibility index (Phi) is 19.4. The van der Waals surface area contributed by atoms with E-state index in [1.165, 1.54) is 15.9 Å². The number of thiol groups is 1. The van der Waals surface area contributed by atoms with Gasteiger partial charge in [-0.2, -0.15) is 12.6 Å². The van der Waals surface area contributed by atoms with Crippen LogP contribution in [0.3, 0.4) is 0 Å². The molecule has 2 unspecified atom stereocenters. The molecule has 50 heavy (non-hydrogen) atoms. The molecule has 0 aromatic heterocycles. The Labute approximate surface area is 311 Å². The fourth-order valence-corrected chi connectivity index (χ4v) is 10.2. The number of esters is 2. The normalized spacial score (nSPS) is 12.0. The van der Waals surface area contributed by atoms with Crippen LogP contribution in [-0.4, -0.2) is 73.4 Å². The molecule has 10 nitrogen and oxygen atoms in total. The number of unbranched alkanes of at least 4 members (excludes halogenated alkanes) is 1. The van der Waals surface area contributed by atoms with E-state index >= 15 is 0 Å². The molecule has 0 fully saturated rings. The lowest BCUT2D eigenvalue weighted by Gasteiger charge is -2.27. The summed E-state index contributed by atoms with van der Waals surface area (Å²) in [6.07, 6.45) is 2.25. The van der Waals surface area contributed by atoms with E-state index in [4.69, 9.17) is 9.47 Å². The van der Waals surface area contributed by atoms with Gasteiger partial charge in [-0.15, -0.1) is 0 Å². The van der Waals surface area contributed by atoms with Crippen LogP contribution in [0, 0.1) is 0 Å². The van der Waals surface area contributed by atoms with Crippen molar-refractivity contribution < 1.29 is 50.4 Å². The zero-order valence-electron chi connectivity index (χ0n) is 28.5. The molecule has 3 amide bonds. The Bertz CT molecular complexity index is 1410. The predicted molar refractivity (Wildman–Crippen MR) is 197 cm³/mol. The number of nitrogens with one attached hydrogen (secondary N) is 3. The van der Waals surface area contributed by atoms with Crippen LogP contribution in [0.2, 0.25) is 0 Å². The number of hydrogen-bond donors (Lipinski definition) is 4. The third kappa shape index (κ3) is 12.9. The molecule has 0 radical (unpaired) electrons. The Balaban J connectivity index is 0.00000867. The van der Waals surface area contributed by atoms with Gasteiger partial charge in [0.25, 0.3) is 0 Å². The number of hydrogen-bond acceptors (Lipinski definition) is 8. The minimum absolute atomic E-state index is 0. The SMILES string of the molecule is CCOC(=O)CNC(=O)C(CS)NC(=O)CCC(NC(=O)CCCC[P+](c1ccccc1)(c1ccccc1)c1ccccc1)C(=O)OCC.[Br-]. The molecule has 0 bridgehead atoms. The average Bonchev–Trinajstić information content (AvgIpc) is 3.12. The van der Waals surface area contributed by atoms with Crippen LogP contribution in [0.15, 0.2) is 91.0 Å². The second kappa shape index (κ2) is 22.9. The van der Waals surface area contributed by atoms with Crippen molar-refractivity contribution >= 4 is 65.5 Å². The standard InChI is InChI=1S/C37H46N3O7PS.BrH/c1-3-46-35(43)26-38-36(44)32(27-49)40-34(42)24-23-31(37(45)47-4-2)39-33(41)22-14-15-25-48(28-16-8-5-9-17-28,29-18-10-6-11-19-29)30-20-12-7-13-21-30;/h5-13,16-21,31-32H,3-4,14-15,22-27H2,1-2H3,(H3-,38,39,40,41,42,44,49);1H.